The largest absolute Gasteiger partial charge is 0.491 e. The zero-order valence-corrected chi connectivity index (χ0v) is 25.1. The summed E-state index contributed by atoms with van der Waals surface area (Å²) in [6.45, 7) is 3.40. The molecule has 2 amide bonds. The normalized spacial score (nSPS) is 12.5. The molecule has 0 aliphatic heterocycles. The topological polar surface area (TPSA) is 125 Å². The van der Waals surface area contributed by atoms with Crippen molar-refractivity contribution >= 4 is 11.8 Å². The lowest BCUT2D eigenvalue weighted by Crippen LogP contribution is -2.44. The van der Waals surface area contributed by atoms with Crippen LogP contribution in [0.3, 0.4) is 0 Å². The molecule has 0 bridgehead atoms. The second-order valence-electron chi connectivity index (χ2n) is 10.8. The van der Waals surface area contributed by atoms with E-state index in [1.807, 2.05) is 91.9 Å². The number of carbonyl (C=O) groups is 2. The number of hydrogen-bond donors (Lipinski definition) is 4. The maximum absolute atomic E-state index is 12.6. The second-order valence-corrected chi connectivity index (χ2v) is 10.8. The molecule has 0 saturated carbocycles. The van der Waals surface area contributed by atoms with Gasteiger partial charge in [-0.3, -0.25) is 14.5 Å². The maximum Gasteiger partial charge on any atom is 0.251 e. The third kappa shape index (κ3) is 9.25. The minimum atomic E-state index is -0.774. The molecule has 230 valence electrons. The smallest absolute Gasteiger partial charge is 0.251 e. The molecule has 0 radical (unpaired) electrons. The molecule has 0 saturated heterocycles. The Kier molecular flexibility index (Phi) is 12.1. The molecular weight excluding hydrogens is 554 g/mol. The van der Waals surface area contributed by atoms with Gasteiger partial charge in [-0.25, -0.2) is 0 Å². The van der Waals surface area contributed by atoms with E-state index in [1.54, 1.807) is 18.2 Å². The van der Waals surface area contributed by atoms with Crippen molar-refractivity contribution in [3.63, 3.8) is 0 Å². The summed E-state index contributed by atoms with van der Waals surface area (Å²) in [5.41, 5.74) is 9.82. The molecule has 0 unspecified atom stereocenters. The van der Waals surface area contributed by atoms with Crippen molar-refractivity contribution in [2.75, 3.05) is 26.3 Å². The summed E-state index contributed by atoms with van der Waals surface area (Å²) in [6.07, 6.45) is 0.569. The van der Waals surface area contributed by atoms with Crippen molar-refractivity contribution in [2.24, 2.45) is 5.73 Å². The number of primary amides is 1. The summed E-state index contributed by atoms with van der Waals surface area (Å²) in [5.74, 6) is -0.0933. The highest BCUT2D eigenvalue weighted by atomic mass is 16.5. The number of nitrogens with one attached hydrogen (secondary N) is 1. The zero-order chi connectivity index (χ0) is 31.3. The van der Waals surface area contributed by atoms with Gasteiger partial charge in [0.15, 0.2) is 0 Å². The molecule has 0 aromatic heterocycles. The van der Waals surface area contributed by atoms with E-state index in [-0.39, 0.29) is 25.2 Å². The minimum Gasteiger partial charge on any atom is -0.491 e. The van der Waals surface area contributed by atoms with Gasteiger partial charge < -0.3 is 26.0 Å². The average molecular weight is 596 g/mol. The fraction of sp³-hybridized carbons (Fsp3) is 0.278. The van der Waals surface area contributed by atoms with Crippen molar-refractivity contribution < 1.29 is 24.5 Å². The highest BCUT2D eigenvalue weighted by Gasteiger charge is 2.23. The monoisotopic (exact) mass is 595 g/mol. The molecule has 44 heavy (non-hydrogen) atoms. The van der Waals surface area contributed by atoms with E-state index < -0.39 is 12.0 Å². The van der Waals surface area contributed by atoms with Gasteiger partial charge in [0.25, 0.3) is 5.91 Å². The lowest BCUT2D eigenvalue weighted by atomic mass is 9.94. The molecular formula is C36H41N3O5. The maximum atomic E-state index is 12.6. The van der Waals surface area contributed by atoms with Crippen LogP contribution in [0, 0.1) is 0 Å². The summed E-state index contributed by atoms with van der Waals surface area (Å²) in [7, 11) is 0. The van der Waals surface area contributed by atoms with Crippen molar-refractivity contribution in [1.29, 1.82) is 0 Å². The predicted molar refractivity (Wildman–Crippen MR) is 172 cm³/mol. The van der Waals surface area contributed by atoms with E-state index in [1.165, 1.54) is 0 Å². The van der Waals surface area contributed by atoms with Crippen LogP contribution in [0.15, 0.2) is 103 Å². The van der Waals surface area contributed by atoms with Crippen molar-refractivity contribution in [3.8, 4) is 16.9 Å². The van der Waals surface area contributed by atoms with E-state index in [0.29, 0.717) is 48.5 Å². The summed E-state index contributed by atoms with van der Waals surface area (Å²) < 4.78 is 5.78. The first-order valence-electron chi connectivity index (χ1n) is 14.9. The molecule has 8 nitrogen and oxygen atoms in total. The highest BCUT2D eigenvalue weighted by Crippen LogP contribution is 2.26. The Morgan fingerprint density at radius 3 is 2.23 bits per heavy atom. The summed E-state index contributed by atoms with van der Waals surface area (Å²) in [5, 5.41) is 24.2. The number of nitrogens with two attached hydrogens (primary N) is 1. The molecule has 0 aliphatic rings. The number of ether oxygens (including phenoxy) is 1. The van der Waals surface area contributed by atoms with Gasteiger partial charge in [0.1, 0.15) is 18.5 Å². The highest BCUT2D eigenvalue weighted by molar-refractivity contribution is 6.03. The van der Waals surface area contributed by atoms with Crippen LogP contribution in [-0.2, 0) is 13.0 Å². The SMILES string of the molecule is CCCNC(=O)c1ccc(C(N)=O)c(-c2ccc(C[C@@H](CO)N(Cc3ccccc3)C[C@H](O)COc3ccccc3)cc2)c1. The Labute approximate surface area is 259 Å². The van der Waals surface area contributed by atoms with Gasteiger partial charge in [0, 0.05) is 36.8 Å². The van der Waals surface area contributed by atoms with E-state index in [9.17, 15) is 19.8 Å². The molecule has 0 fully saturated rings. The number of para-hydroxylation sites is 1. The van der Waals surface area contributed by atoms with Crippen molar-refractivity contribution in [3.05, 3.63) is 125 Å². The van der Waals surface area contributed by atoms with Crippen LogP contribution in [0.5, 0.6) is 5.75 Å². The van der Waals surface area contributed by atoms with Crippen LogP contribution in [0.4, 0.5) is 0 Å². The third-order valence-corrected chi connectivity index (χ3v) is 7.41. The molecule has 8 heteroatoms. The standard InChI is InChI=1S/C36H41N3O5/c1-2-19-38-36(43)29-17-18-33(35(37)42)34(21-29)28-15-13-26(14-16-28)20-30(24-40)39(22-27-9-5-3-6-10-27)23-31(41)25-44-32-11-7-4-8-12-32/h3-18,21,30-31,40-41H,2,19-20,22-25H2,1H3,(H2,37,42)(H,38,43)/t30-,31-/m0/s1. The van der Waals surface area contributed by atoms with E-state index in [0.717, 1.165) is 23.1 Å². The van der Waals surface area contributed by atoms with E-state index in [4.69, 9.17) is 10.5 Å². The van der Waals surface area contributed by atoms with E-state index in [2.05, 4.69) is 10.2 Å². The number of nitrogens with zero attached hydrogens (tertiary/aromatic N) is 1. The number of amides is 2. The molecule has 5 N–H and O–H groups in total. The molecule has 0 aliphatic carbocycles. The molecule has 0 heterocycles. The Morgan fingerprint density at radius 1 is 0.909 bits per heavy atom. The summed E-state index contributed by atoms with van der Waals surface area (Å²) in [6, 6.07) is 31.6. The van der Waals surface area contributed by atoms with Gasteiger partial charge in [-0.1, -0.05) is 79.7 Å². The Morgan fingerprint density at radius 2 is 1.59 bits per heavy atom. The van der Waals surface area contributed by atoms with Crippen molar-refractivity contribution in [1.82, 2.24) is 10.2 Å². The van der Waals surface area contributed by atoms with Gasteiger partial charge >= 0.3 is 0 Å². The van der Waals surface area contributed by atoms with Gasteiger partial charge in [-0.2, -0.15) is 0 Å². The molecule has 4 aromatic rings. The Balaban J connectivity index is 1.51. The molecule has 4 rings (SSSR count). The van der Waals surface area contributed by atoms with Gasteiger partial charge in [0.05, 0.1) is 6.61 Å². The van der Waals surface area contributed by atoms with Crippen LogP contribution in [0.1, 0.15) is 45.2 Å². The lowest BCUT2D eigenvalue weighted by molar-refractivity contribution is 0.0335. The number of aliphatic hydroxyl groups is 2. The Hall–Kier alpha value is -4.50. The predicted octanol–water partition coefficient (Wildman–Crippen LogP) is 4.44. The fourth-order valence-electron chi connectivity index (χ4n) is 5.07. The first kappa shape index (κ1) is 32.4. The van der Waals surface area contributed by atoms with Crippen LogP contribution in [-0.4, -0.2) is 65.4 Å². The molecule has 2 atom stereocenters. The third-order valence-electron chi connectivity index (χ3n) is 7.41. The second kappa shape index (κ2) is 16.4. The van der Waals surface area contributed by atoms with Gasteiger partial charge in [-0.05, 0) is 65.4 Å². The number of rotatable bonds is 16. The van der Waals surface area contributed by atoms with Crippen LogP contribution >= 0.6 is 0 Å². The number of benzene rings is 4. The quantitative estimate of drug-likeness (QED) is 0.152. The van der Waals surface area contributed by atoms with E-state index >= 15 is 0 Å². The van der Waals surface area contributed by atoms with Gasteiger partial charge in [0.2, 0.25) is 5.91 Å². The van der Waals surface area contributed by atoms with Crippen molar-refractivity contribution in [2.45, 2.75) is 38.5 Å². The lowest BCUT2D eigenvalue weighted by Gasteiger charge is -2.32. The zero-order valence-electron chi connectivity index (χ0n) is 25.1. The summed E-state index contributed by atoms with van der Waals surface area (Å²) >= 11 is 0. The molecule has 0 spiro atoms. The minimum absolute atomic E-state index is 0.110. The first-order chi connectivity index (χ1) is 21.4. The number of carbonyl (C=O) groups excluding carboxylic acids is 2. The first-order valence-corrected chi connectivity index (χ1v) is 14.9. The average Bonchev–Trinajstić information content (AvgIpc) is 3.05. The fourth-order valence-corrected chi connectivity index (χ4v) is 5.07. The number of hydrogen-bond acceptors (Lipinski definition) is 6. The van der Waals surface area contributed by atoms with Crippen LogP contribution in [0.25, 0.3) is 11.1 Å². The number of aliphatic hydroxyl groups excluding tert-OH is 2. The van der Waals surface area contributed by atoms with Crippen LogP contribution in [0.2, 0.25) is 0 Å². The molecule has 4 aromatic carbocycles. The van der Waals surface area contributed by atoms with Gasteiger partial charge in [-0.15, -0.1) is 0 Å². The van der Waals surface area contributed by atoms with Crippen LogP contribution < -0.4 is 15.8 Å². The Bertz CT molecular complexity index is 1480. The summed E-state index contributed by atoms with van der Waals surface area (Å²) in [4.78, 5) is 26.9.